The third-order valence-corrected chi connectivity index (χ3v) is 6.08. The van der Waals surface area contributed by atoms with Crippen LogP contribution in [0.25, 0.3) is 22.1 Å². The highest BCUT2D eigenvalue weighted by Gasteiger charge is 2.51. The average Bonchev–Trinajstić information content (AvgIpc) is 3.35. The maximum absolute atomic E-state index is 13.6. The Hall–Kier alpha value is -2.95. The first-order valence-electron chi connectivity index (χ1n) is 9.24. The van der Waals surface area contributed by atoms with Crippen molar-refractivity contribution in [3.05, 3.63) is 24.0 Å². The molecule has 1 aliphatic heterocycles. The number of hydrogen-bond acceptors (Lipinski definition) is 7. The van der Waals surface area contributed by atoms with E-state index in [9.17, 15) is 13.6 Å². The molecule has 0 bridgehead atoms. The minimum atomic E-state index is -2.70. The molecule has 1 amide bonds. The van der Waals surface area contributed by atoms with Crippen LogP contribution in [-0.2, 0) is 4.79 Å². The average molecular weight is 417 g/mol. The van der Waals surface area contributed by atoms with Crippen molar-refractivity contribution < 1.29 is 13.6 Å². The zero-order valence-corrected chi connectivity index (χ0v) is 16.2. The zero-order valence-electron chi connectivity index (χ0n) is 15.4. The van der Waals surface area contributed by atoms with Gasteiger partial charge in [-0.2, -0.15) is 5.10 Å². The Balaban J connectivity index is 1.58. The third kappa shape index (κ3) is 2.96. The van der Waals surface area contributed by atoms with Crippen molar-refractivity contribution in [2.75, 3.05) is 10.2 Å². The number of hydrogen-bond donors (Lipinski definition) is 2. The van der Waals surface area contributed by atoms with Gasteiger partial charge in [0.2, 0.25) is 5.91 Å². The van der Waals surface area contributed by atoms with Crippen molar-refractivity contribution >= 4 is 28.7 Å². The summed E-state index contributed by atoms with van der Waals surface area (Å²) < 4.78 is 27.2. The monoisotopic (exact) mass is 417 g/mol. The number of H-pyrrole nitrogens is 1. The van der Waals surface area contributed by atoms with E-state index in [1.807, 2.05) is 12.3 Å². The predicted molar refractivity (Wildman–Crippen MR) is 104 cm³/mol. The normalized spacial score (nSPS) is 20.9. The number of halogens is 2. The van der Waals surface area contributed by atoms with Crippen molar-refractivity contribution in [3.8, 4) is 22.1 Å². The van der Waals surface area contributed by atoms with Crippen molar-refractivity contribution in [3.63, 3.8) is 0 Å². The number of amides is 1. The van der Waals surface area contributed by atoms with Crippen molar-refractivity contribution in [2.24, 2.45) is 0 Å². The molecule has 0 saturated heterocycles. The molecule has 0 radical (unpaired) electrons. The fourth-order valence-electron chi connectivity index (χ4n) is 3.88. The van der Waals surface area contributed by atoms with Gasteiger partial charge in [-0.3, -0.25) is 9.89 Å². The molecule has 1 saturated carbocycles. The molecule has 1 aliphatic carbocycles. The summed E-state index contributed by atoms with van der Waals surface area (Å²) >= 11 is 1.45. The molecule has 150 valence electrons. The Bertz CT molecular complexity index is 1060. The summed E-state index contributed by atoms with van der Waals surface area (Å²) in [6.45, 7) is 1.86. The molecule has 1 atom stereocenters. The zero-order chi connectivity index (χ0) is 20.2. The number of rotatable bonds is 4. The Labute approximate surface area is 168 Å². The number of alkyl halides is 2. The Kier molecular flexibility index (Phi) is 4.09. The van der Waals surface area contributed by atoms with Gasteiger partial charge in [-0.25, -0.2) is 23.7 Å². The second-order valence-electron chi connectivity index (χ2n) is 7.17. The van der Waals surface area contributed by atoms with Gasteiger partial charge in [-0.1, -0.05) is 6.92 Å². The van der Waals surface area contributed by atoms with Crippen LogP contribution in [0.4, 0.5) is 20.3 Å². The maximum atomic E-state index is 13.6. The molecule has 5 rings (SSSR count). The topological polar surface area (TPSA) is 99.7 Å². The molecular weight excluding hydrogens is 400 g/mol. The van der Waals surface area contributed by atoms with Gasteiger partial charge >= 0.3 is 0 Å². The maximum Gasteiger partial charge on any atom is 0.252 e. The fourth-order valence-corrected chi connectivity index (χ4v) is 4.52. The van der Waals surface area contributed by atoms with E-state index in [-0.39, 0.29) is 18.7 Å². The van der Waals surface area contributed by atoms with Gasteiger partial charge in [-0.15, -0.1) is 11.3 Å². The van der Waals surface area contributed by atoms with Gasteiger partial charge in [0.05, 0.1) is 18.0 Å². The molecule has 3 aromatic heterocycles. The molecule has 3 aromatic rings. The molecule has 2 N–H and O–H groups in total. The lowest BCUT2D eigenvalue weighted by Gasteiger charge is -2.48. The van der Waals surface area contributed by atoms with Gasteiger partial charge in [0.25, 0.3) is 5.92 Å². The highest BCUT2D eigenvalue weighted by atomic mass is 32.1. The van der Waals surface area contributed by atoms with E-state index in [1.165, 1.54) is 17.5 Å². The Morgan fingerprint density at radius 1 is 1.31 bits per heavy atom. The van der Waals surface area contributed by atoms with Crippen molar-refractivity contribution in [1.29, 1.82) is 0 Å². The lowest BCUT2D eigenvalue weighted by atomic mass is 9.85. The first-order valence-corrected chi connectivity index (χ1v) is 10.1. The molecule has 8 nitrogen and oxygen atoms in total. The van der Waals surface area contributed by atoms with Crippen LogP contribution in [0.5, 0.6) is 0 Å². The van der Waals surface area contributed by atoms with Gasteiger partial charge < -0.3 is 10.2 Å². The van der Waals surface area contributed by atoms with E-state index in [1.54, 1.807) is 17.3 Å². The number of thiazole rings is 1. The van der Waals surface area contributed by atoms with Gasteiger partial charge in [-0.05, 0) is 6.42 Å². The first-order chi connectivity index (χ1) is 14.0. The number of fused-ring (bicyclic) bond motifs is 1. The molecule has 1 fully saturated rings. The lowest BCUT2D eigenvalue weighted by molar-refractivity contribution is -0.120. The number of anilines is 2. The SMILES string of the molecule is CCC1C(=O)Nc2cnc(-c3cn[nH]c3-c3nccs3)nc2N1C1CC(F)(F)C1. The van der Waals surface area contributed by atoms with Gasteiger partial charge in [0, 0.05) is 30.5 Å². The van der Waals surface area contributed by atoms with E-state index >= 15 is 0 Å². The van der Waals surface area contributed by atoms with Crippen LogP contribution >= 0.6 is 11.3 Å². The summed E-state index contributed by atoms with van der Waals surface area (Å²) in [6, 6.07) is -0.987. The predicted octanol–water partition coefficient (Wildman–Crippen LogP) is 3.33. The lowest BCUT2D eigenvalue weighted by Crippen LogP contribution is -2.59. The van der Waals surface area contributed by atoms with E-state index in [0.717, 1.165) is 5.01 Å². The van der Waals surface area contributed by atoms with Crippen LogP contribution in [0.2, 0.25) is 0 Å². The van der Waals surface area contributed by atoms with E-state index in [0.29, 0.717) is 35.0 Å². The molecular formula is C18H17F2N7OS. The largest absolute Gasteiger partial charge is 0.339 e. The molecule has 0 spiro atoms. The van der Waals surface area contributed by atoms with E-state index in [4.69, 9.17) is 0 Å². The minimum absolute atomic E-state index is 0.224. The van der Waals surface area contributed by atoms with Gasteiger partial charge in [0.15, 0.2) is 11.6 Å². The fraction of sp³-hybridized carbons (Fsp3) is 0.389. The quantitative estimate of drug-likeness (QED) is 0.676. The van der Waals surface area contributed by atoms with Crippen LogP contribution in [0.1, 0.15) is 26.2 Å². The smallest absolute Gasteiger partial charge is 0.252 e. The van der Waals surface area contributed by atoms with Gasteiger partial charge in [0.1, 0.15) is 22.4 Å². The number of carbonyl (C=O) groups excluding carboxylic acids is 1. The Morgan fingerprint density at radius 3 is 2.83 bits per heavy atom. The molecule has 0 aromatic carbocycles. The molecule has 2 aliphatic rings. The summed E-state index contributed by atoms with van der Waals surface area (Å²) in [5.41, 5.74) is 1.78. The first kappa shape index (κ1) is 18.1. The number of aromatic amines is 1. The number of carbonyl (C=O) groups is 1. The third-order valence-electron chi connectivity index (χ3n) is 5.28. The number of aromatic nitrogens is 5. The molecule has 29 heavy (non-hydrogen) atoms. The van der Waals surface area contributed by atoms with Crippen LogP contribution < -0.4 is 10.2 Å². The minimum Gasteiger partial charge on any atom is -0.339 e. The Morgan fingerprint density at radius 2 is 2.14 bits per heavy atom. The van der Waals surface area contributed by atoms with E-state index < -0.39 is 18.0 Å². The van der Waals surface area contributed by atoms with Crippen LogP contribution in [0, 0.1) is 0 Å². The van der Waals surface area contributed by atoms with Crippen LogP contribution in [0.15, 0.2) is 24.0 Å². The summed E-state index contributed by atoms with van der Waals surface area (Å²) in [5.74, 6) is -2.06. The van der Waals surface area contributed by atoms with Crippen LogP contribution in [0.3, 0.4) is 0 Å². The highest BCUT2D eigenvalue weighted by molar-refractivity contribution is 7.13. The summed E-state index contributed by atoms with van der Waals surface area (Å²) in [7, 11) is 0. The second-order valence-corrected chi connectivity index (χ2v) is 8.06. The molecule has 1 unspecified atom stereocenters. The van der Waals surface area contributed by atoms with E-state index in [2.05, 4.69) is 30.5 Å². The summed E-state index contributed by atoms with van der Waals surface area (Å²) in [5, 5.41) is 12.4. The van der Waals surface area contributed by atoms with Crippen LogP contribution in [-0.4, -0.2) is 49.1 Å². The van der Waals surface area contributed by atoms with Crippen molar-refractivity contribution in [1.82, 2.24) is 25.1 Å². The highest BCUT2D eigenvalue weighted by Crippen LogP contribution is 2.45. The number of nitrogens with one attached hydrogen (secondary N) is 2. The second kappa shape index (κ2) is 6.55. The number of nitrogens with zero attached hydrogens (tertiary/aromatic N) is 5. The van der Waals surface area contributed by atoms with Crippen molar-refractivity contribution in [2.45, 2.75) is 44.2 Å². The standard InChI is InChI=1S/C18H17F2N7OS/c1-2-12-16(28)24-11-8-22-14(10-7-23-26-13(10)17-21-3-4-29-17)25-15(11)27(12)9-5-18(19,20)6-9/h3-4,7-9,12H,2,5-6H2,1H3,(H,23,26)(H,24,28). The molecule has 11 heteroatoms. The summed E-state index contributed by atoms with van der Waals surface area (Å²) in [4.78, 5) is 27.6. The summed E-state index contributed by atoms with van der Waals surface area (Å²) in [6.07, 6.45) is 4.74. The molecule has 4 heterocycles.